The van der Waals surface area contributed by atoms with Crippen molar-refractivity contribution in [1.82, 2.24) is 25.1 Å². The number of H-pyrrole nitrogens is 1. The summed E-state index contributed by atoms with van der Waals surface area (Å²) >= 11 is 0. The summed E-state index contributed by atoms with van der Waals surface area (Å²) in [5.74, 6) is -2.16. The fourth-order valence-electron chi connectivity index (χ4n) is 3.11. The summed E-state index contributed by atoms with van der Waals surface area (Å²) in [6.07, 6.45) is -0.0213. The van der Waals surface area contributed by atoms with Crippen LogP contribution in [0.15, 0.2) is 36.7 Å². The van der Waals surface area contributed by atoms with E-state index in [2.05, 4.69) is 54.6 Å². The summed E-state index contributed by atoms with van der Waals surface area (Å²) in [5.41, 5.74) is 4.13. The average Bonchev–Trinajstić information content (AvgIpc) is 3.22. The van der Waals surface area contributed by atoms with Crippen molar-refractivity contribution in [2.45, 2.75) is 38.2 Å². The monoisotopic (exact) mass is 452 g/mol. The molecule has 12 heteroatoms. The van der Waals surface area contributed by atoms with E-state index in [1.165, 1.54) is 11.1 Å². The van der Waals surface area contributed by atoms with E-state index in [-0.39, 0.29) is 6.10 Å². The van der Waals surface area contributed by atoms with Crippen molar-refractivity contribution in [2.24, 2.45) is 0 Å². The molecular weight excluding hydrogens is 429 g/mol. The first kappa shape index (κ1) is 23.4. The van der Waals surface area contributed by atoms with Gasteiger partial charge >= 0.3 is 12.1 Å². The second kappa shape index (κ2) is 10.4. The number of carboxylic acid groups (broad SMARTS) is 1. The number of aliphatic hydroxyl groups excluding tert-OH is 1. The zero-order chi connectivity index (χ0) is 23.1. The predicted octanol–water partition coefficient (Wildman–Crippen LogP) is 2.56. The largest absolute Gasteiger partial charge is 0.490 e. The Labute approximate surface area is 181 Å². The fourth-order valence-corrected chi connectivity index (χ4v) is 3.11. The number of aliphatic hydroxyl groups is 1. The highest BCUT2D eigenvalue weighted by molar-refractivity contribution is 5.73. The molecule has 3 heterocycles. The predicted molar refractivity (Wildman–Crippen MR) is 110 cm³/mol. The van der Waals surface area contributed by atoms with Gasteiger partial charge in [0.05, 0.1) is 18.5 Å². The van der Waals surface area contributed by atoms with E-state index < -0.39 is 12.1 Å². The third-order valence-corrected chi connectivity index (χ3v) is 4.87. The van der Waals surface area contributed by atoms with Gasteiger partial charge in [-0.25, -0.2) is 14.8 Å². The van der Waals surface area contributed by atoms with Crippen LogP contribution in [0.4, 0.5) is 19.1 Å². The molecule has 9 nitrogen and oxygen atoms in total. The average molecular weight is 452 g/mol. The molecule has 1 fully saturated rings. The van der Waals surface area contributed by atoms with Gasteiger partial charge in [-0.15, -0.1) is 0 Å². The third-order valence-electron chi connectivity index (χ3n) is 4.87. The van der Waals surface area contributed by atoms with Crippen LogP contribution < -0.4 is 5.32 Å². The SMILES string of the molecule is O=C(O)C(F)(F)F.OC1CCN(Cc2ccc(CNc3ncc4[nH]ncc4n3)cc2)CC1. The molecule has 0 spiro atoms. The van der Waals surface area contributed by atoms with Gasteiger partial charge in [-0.3, -0.25) is 10.00 Å². The highest BCUT2D eigenvalue weighted by Crippen LogP contribution is 2.15. The van der Waals surface area contributed by atoms with Crippen LogP contribution in [-0.4, -0.2) is 66.6 Å². The van der Waals surface area contributed by atoms with Crippen molar-refractivity contribution in [3.8, 4) is 0 Å². The summed E-state index contributed by atoms with van der Waals surface area (Å²) in [6.45, 7) is 3.57. The molecule has 0 amide bonds. The van der Waals surface area contributed by atoms with E-state index in [0.717, 1.165) is 43.5 Å². The molecule has 0 radical (unpaired) electrons. The minimum atomic E-state index is -5.08. The number of nitrogens with zero attached hydrogens (tertiary/aromatic N) is 4. The summed E-state index contributed by atoms with van der Waals surface area (Å²) < 4.78 is 31.7. The number of alkyl halides is 3. The van der Waals surface area contributed by atoms with E-state index in [1.807, 2.05) is 0 Å². The Hall–Kier alpha value is -3.25. The molecule has 2 aromatic heterocycles. The van der Waals surface area contributed by atoms with Crippen LogP contribution in [0.3, 0.4) is 0 Å². The first-order valence-corrected chi connectivity index (χ1v) is 9.89. The number of carbonyl (C=O) groups is 1. The number of hydrogen-bond acceptors (Lipinski definition) is 7. The van der Waals surface area contributed by atoms with Gasteiger partial charge in [0, 0.05) is 26.2 Å². The molecule has 0 bridgehead atoms. The van der Waals surface area contributed by atoms with Crippen LogP contribution in [0.5, 0.6) is 0 Å². The number of rotatable bonds is 5. The van der Waals surface area contributed by atoms with Gasteiger partial charge in [0.15, 0.2) is 0 Å². The van der Waals surface area contributed by atoms with Crippen molar-refractivity contribution in [2.75, 3.05) is 18.4 Å². The first-order valence-electron chi connectivity index (χ1n) is 9.89. The number of halogens is 3. The lowest BCUT2D eigenvalue weighted by molar-refractivity contribution is -0.192. The lowest BCUT2D eigenvalue weighted by Crippen LogP contribution is -2.35. The molecule has 1 aromatic carbocycles. The van der Waals surface area contributed by atoms with Crippen LogP contribution in [0, 0.1) is 0 Å². The van der Waals surface area contributed by atoms with Gasteiger partial charge in [0.25, 0.3) is 0 Å². The molecule has 1 aliphatic rings. The molecule has 0 atom stereocenters. The smallest absolute Gasteiger partial charge is 0.475 e. The number of hydrogen-bond donors (Lipinski definition) is 4. The molecule has 0 aliphatic carbocycles. The number of anilines is 1. The lowest BCUT2D eigenvalue weighted by atomic mass is 10.1. The number of piperidine rings is 1. The van der Waals surface area contributed by atoms with Crippen molar-refractivity contribution in [3.63, 3.8) is 0 Å². The molecule has 172 valence electrons. The van der Waals surface area contributed by atoms with E-state index in [9.17, 15) is 18.3 Å². The number of aromatic amines is 1. The van der Waals surface area contributed by atoms with Crippen molar-refractivity contribution in [3.05, 3.63) is 47.8 Å². The highest BCUT2D eigenvalue weighted by Gasteiger charge is 2.38. The number of likely N-dealkylation sites (tertiary alicyclic amines) is 1. The minimum Gasteiger partial charge on any atom is -0.475 e. The summed E-state index contributed by atoms with van der Waals surface area (Å²) in [6, 6.07) is 8.61. The van der Waals surface area contributed by atoms with Crippen LogP contribution in [0.2, 0.25) is 0 Å². The molecule has 4 N–H and O–H groups in total. The number of benzene rings is 1. The van der Waals surface area contributed by atoms with E-state index in [4.69, 9.17) is 9.90 Å². The van der Waals surface area contributed by atoms with Gasteiger partial charge in [-0.1, -0.05) is 24.3 Å². The summed E-state index contributed by atoms with van der Waals surface area (Å²) in [4.78, 5) is 20.0. The van der Waals surface area contributed by atoms with Gasteiger partial charge in [-0.2, -0.15) is 18.3 Å². The maximum atomic E-state index is 10.6. The van der Waals surface area contributed by atoms with Crippen LogP contribution in [0.25, 0.3) is 11.0 Å². The fraction of sp³-hybridized carbons (Fsp3) is 0.400. The van der Waals surface area contributed by atoms with Gasteiger partial charge in [-0.05, 0) is 24.0 Å². The Morgan fingerprint density at radius 1 is 1.16 bits per heavy atom. The van der Waals surface area contributed by atoms with Gasteiger partial charge in [0.1, 0.15) is 11.0 Å². The van der Waals surface area contributed by atoms with E-state index >= 15 is 0 Å². The maximum Gasteiger partial charge on any atom is 0.490 e. The van der Waals surface area contributed by atoms with Crippen molar-refractivity contribution < 1.29 is 28.2 Å². The molecule has 32 heavy (non-hydrogen) atoms. The second-order valence-electron chi connectivity index (χ2n) is 7.34. The lowest BCUT2D eigenvalue weighted by Gasteiger charge is -2.29. The molecule has 0 unspecified atom stereocenters. The zero-order valence-electron chi connectivity index (χ0n) is 17.0. The molecule has 3 aromatic rings. The zero-order valence-corrected chi connectivity index (χ0v) is 17.0. The summed E-state index contributed by atoms with van der Waals surface area (Å²) in [5, 5.41) is 26.7. The van der Waals surface area contributed by atoms with Crippen molar-refractivity contribution in [1.29, 1.82) is 0 Å². The topological polar surface area (TPSA) is 127 Å². The van der Waals surface area contributed by atoms with Crippen LogP contribution >= 0.6 is 0 Å². The number of aliphatic carboxylic acids is 1. The Balaban J connectivity index is 0.000000360. The molecule has 4 rings (SSSR count). The number of fused-ring (bicyclic) bond motifs is 1. The first-order chi connectivity index (χ1) is 15.2. The van der Waals surface area contributed by atoms with E-state index in [1.54, 1.807) is 12.4 Å². The van der Waals surface area contributed by atoms with E-state index in [0.29, 0.717) is 12.5 Å². The quantitative estimate of drug-likeness (QED) is 0.465. The van der Waals surface area contributed by atoms with Gasteiger partial charge in [0.2, 0.25) is 5.95 Å². The second-order valence-corrected chi connectivity index (χ2v) is 7.34. The van der Waals surface area contributed by atoms with Crippen molar-refractivity contribution >= 4 is 23.0 Å². The molecule has 0 saturated carbocycles. The Kier molecular flexibility index (Phi) is 7.59. The third kappa shape index (κ3) is 6.89. The molecular formula is C20H23F3N6O3. The number of aromatic nitrogens is 4. The summed E-state index contributed by atoms with van der Waals surface area (Å²) in [7, 11) is 0. The maximum absolute atomic E-state index is 10.6. The Morgan fingerprint density at radius 2 is 1.78 bits per heavy atom. The number of carboxylic acids is 1. The minimum absolute atomic E-state index is 0.117. The number of nitrogens with one attached hydrogen (secondary N) is 2. The standard InChI is InChI=1S/C18H22N6O.C2HF3O2/c25-15-5-7-24(8-6-15)12-14-3-1-13(2-4-14)9-19-18-20-10-17-16(22-18)11-21-23-17;3-2(4,5)1(6)7/h1-4,10-11,15,25H,5-9,12H2,(H,21,23)(H,19,20,22);(H,6,7). The van der Waals surface area contributed by atoms with Crippen LogP contribution in [0.1, 0.15) is 24.0 Å². The Bertz CT molecular complexity index is 1020. The molecule has 1 aliphatic heterocycles. The molecule has 1 saturated heterocycles. The van der Waals surface area contributed by atoms with Crippen LogP contribution in [-0.2, 0) is 17.9 Å². The normalized spacial score (nSPS) is 15.2. The van der Waals surface area contributed by atoms with Gasteiger partial charge < -0.3 is 15.5 Å². The Morgan fingerprint density at radius 3 is 2.41 bits per heavy atom. The highest BCUT2D eigenvalue weighted by atomic mass is 19.4.